The molecule has 0 aromatic rings. The van der Waals surface area contributed by atoms with Crippen LogP contribution in [0.15, 0.2) is 0 Å². The second-order valence-electron chi connectivity index (χ2n) is 8.77. The molecule has 4 bridgehead atoms. The Morgan fingerprint density at radius 2 is 1.68 bits per heavy atom. The fourth-order valence-electron chi connectivity index (χ4n) is 6.68. The van der Waals surface area contributed by atoms with Gasteiger partial charge in [-0.2, -0.15) is 0 Å². The van der Waals surface area contributed by atoms with E-state index in [-0.39, 0.29) is 17.7 Å². The molecule has 0 radical (unpaired) electrons. The van der Waals surface area contributed by atoms with Crippen LogP contribution in [0.4, 0.5) is 0 Å². The van der Waals surface area contributed by atoms with Crippen molar-refractivity contribution in [2.24, 2.45) is 16.7 Å². The summed E-state index contributed by atoms with van der Waals surface area (Å²) >= 11 is 0. The molecule has 1 heterocycles. The van der Waals surface area contributed by atoms with Gasteiger partial charge in [-0.3, -0.25) is 0 Å². The van der Waals surface area contributed by atoms with Gasteiger partial charge in [-0.25, -0.2) is 0 Å². The number of nitrogens with one attached hydrogen (secondary N) is 1. The van der Waals surface area contributed by atoms with Crippen LogP contribution in [0.5, 0.6) is 0 Å². The molecule has 5 fully saturated rings. The SMILES string of the molecule is CC12CC3CC(C)(C1)CC(NC1COCC1O)(C3)C2. The molecule has 19 heavy (non-hydrogen) atoms. The van der Waals surface area contributed by atoms with Crippen LogP contribution in [0.1, 0.15) is 52.4 Å². The number of aliphatic hydroxyl groups is 1. The first-order valence-electron chi connectivity index (χ1n) is 7.93. The van der Waals surface area contributed by atoms with Crippen LogP contribution in [0, 0.1) is 16.7 Å². The Morgan fingerprint density at radius 1 is 1.00 bits per heavy atom. The van der Waals surface area contributed by atoms with E-state index in [2.05, 4.69) is 19.2 Å². The third-order valence-electron chi connectivity index (χ3n) is 6.17. The van der Waals surface area contributed by atoms with Crippen LogP contribution in [-0.2, 0) is 4.74 Å². The van der Waals surface area contributed by atoms with E-state index in [4.69, 9.17) is 4.74 Å². The smallest absolute Gasteiger partial charge is 0.0948 e. The van der Waals surface area contributed by atoms with E-state index in [0.717, 1.165) is 5.92 Å². The Bertz CT molecular complexity index is 378. The maximum absolute atomic E-state index is 10.0. The summed E-state index contributed by atoms with van der Waals surface area (Å²) in [5, 5.41) is 13.9. The minimum absolute atomic E-state index is 0.156. The lowest BCUT2D eigenvalue weighted by Gasteiger charge is -2.66. The molecule has 4 saturated carbocycles. The standard InChI is InChI=1S/C16H27NO2/c1-14-3-11-4-15(2,8-14)10-16(5-11,9-14)17-12-6-19-7-13(12)18/h11-13,17-18H,3-10H2,1-2H3. The van der Waals surface area contributed by atoms with Gasteiger partial charge in [-0.15, -0.1) is 0 Å². The third-order valence-corrected chi connectivity index (χ3v) is 6.17. The second-order valence-corrected chi connectivity index (χ2v) is 8.77. The Kier molecular flexibility index (Phi) is 2.49. The first-order valence-corrected chi connectivity index (χ1v) is 7.93. The van der Waals surface area contributed by atoms with E-state index in [0.29, 0.717) is 24.0 Å². The van der Waals surface area contributed by atoms with Crippen LogP contribution in [0.25, 0.3) is 0 Å². The van der Waals surface area contributed by atoms with Crippen molar-refractivity contribution >= 4 is 0 Å². The molecule has 2 N–H and O–H groups in total. The fraction of sp³-hybridized carbons (Fsp3) is 1.00. The highest BCUT2D eigenvalue weighted by Crippen LogP contribution is 2.66. The van der Waals surface area contributed by atoms with Crippen LogP contribution < -0.4 is 5.32 Å². The second kappa shape index (κ2) is 3.75. The first kappa shape index (κ1) is 12.6. The third kappa shape index (κ3) is 1.97. The van der Waals surface area contributed by atoms with E-state index >= 15 is 0 Å². The van der Waals surface area contributed by atoms with Gasteiger partial charge in [0.2, 0.25) is 0 Å². The average Bonchev–Trinajstić information content (AvgIpc) is 2.57. The first-order chi connectivity index (χ1) is 8.90. The predicted octanol–water partition coefficient (Wildman–Crippen LogP) is 2.08. The summed E-state index contributed by atoms with van der Waals surface area (Å²) in [7, 11) is 0. The van der Waals surface area contributed by atoms with Crippen molar-refractivity contribution < 1.29 is 9.84 Å². The van der Waals surface area contributed by atoms with Crippen LogP contribution in [0.3, 0.4) is 0 Å². The van der Waals surface area contributed by atoms with Crippen molar-refractivity contribution in [1.82, 2.24) is 5.32 Å². The van der Waals surface area contributed by atoms with Crippen LogP contribution in [0.2, 0.25) is 0 Å². The van der Waals surface area contributed by atoms with Gasteiger partial charge in [0.15, 0.2) is 0 Å². The molecule has 5 aliphatic rings. The van der Waals surface area contributed by atoms with Crippen molar-refractivity contribution in [3.8, 4) is 0 Å². The molecular weight excluding hydrogens is 238 g/mol. The van der Waals surface area contributed by atoms with Gasteiger partial charge in [0.1, 0.15) is 0 Å². The molecule has 108 valence electrons. The van der Waals surface area contributed by atoms with E-state index in [1.807, 2.05) is 0 Å². The monoisotopic (exact) mass is 265 g/mol. The van der Waals surface area contributed by atoms with E-state index < -0.39 is 0 Å². The lowest BCUT2D eigenvalue weighted by atomic mass is 9.42. The molecule has 4 atom stereocenters. The summed E-state index contributed by atoms with van der Waals surface area (Å²) in [4.78, 5) is 0. The van der Waals surface area contributed by atoms with Gasteiger partial charge in [-0.05, 0) is 55.3 Å². The van der Waals surface area contributed by atoms with Crippen molar-refractivity contribution in [2.45, 2.75) is 70.1 Å². The molecular formula is C16H27NO2. The molecule has 1 saturated heterocycles. The summed E-state index contributed by atoms with van der Waals surface area (Å²) in [5.74, 6) is 0.901. The molecule has 0 amide bonds. The minimum atomic E-state index is -0.311. The minimum Gasteiger partial charge on any atom is -0.389 e. The molecule has 3 nitrogen and oxygen atoms in total. The Balaban J connectivity index is 1.60. The molecule has 5 rings (SSSR count). The molecule has 0 spiro atoms. The molecule has 0 aromatic carbocycles. The number of ether oxygens (including phenoxy) is 1. The van der Waals surface area contributed by atoms with Gasteiger partial charge in [0.05, 0.1) is 25.4 Å². The lowest BCUT2D eigenvalue weighted by Crippen LogP contribution is -2.66. The van der Waals surface area contributed by atoms with Crippen molar-refractivity contribution in [2.75, 3.05) is 13.2 Å². The number of aliphatic hydroxyl groups excluding tert-OH is 1. The van der Waals surface area contributed by atoms with Crippen molar-refractivity contribution in [3.05, 3.63) is 0 Å². The summed E-state index contributed by atoms with van der Waals surface area (Å²) in [6.45, 7) is 6.17. The summed E-state index contributed by atoms with van der Waals surface area (Å²) in [6.07, 6.45) is 7.87. The Hall–Kier alpha value is -0.120. The maximum atomic E-state index is 10.0. The largest absolute Gasteiger partial charge is 0.389 e. The fourth-order valence-corrected chi connectivity index (χ4v) is 6.68. The summed E-state index contributed by atoms with van der Waals surface area (Å²) < 4.78 is 5.42. The highest BCUT2D eigenvalue weighted by atomic mass is 16.5. The number of hydrogen-bond donors (Lipinski definition) is 2. The highest BCUT2D eigenvalue weighted by molar-refractivity contribution is 5.15. The molecule has 3 heteroatoms. The Labute approximate surface area is 116 Å². The predicted molar refractivity (Wildman–Crippen MR) is 73.9 cm³/mol. The van der Waals surface area contributed by atoms with Gasteiger partial charge >= 0.3 is 0 Å². The molecule has 4 aliphatic carbocycles. The van der Waals surface area contributed by atoms with Crippen LogP contribution >= 0.6 is 0 Å². The summed E-state index contributed by atoms with van der Waals surface area (Å²) in [5.41, 5.74) is 1.35. The summed E-state index contributed by atoms with van der Waals surface area (Å²) in [6, 6.07) is 0.156. The van der Waals surface area contributed by atoms with Gasteiger partial charge in [0, 0.05) is 5.54 Å². The molecule has 0 aromatic heterocycles. The zero-order valence-electron chi connectivity index (χ0n) is 12.2. The van der Waals surface area contributed by atoms with Crippen LogP contribution in [-0.4, -0.2) is 36.0 Å². The van der Waals surface area contributed by atoms with E-state index in [1.54, 1.807) is 0 Å². The zero-order chi connectivity index (χ0) is 13.3. The van der Waals surface area contributed by atoms with E-state index in [9.17, 15) is 5.11 Å². The van der Waals surface area contributed by atoms with Gasteiger partial charge in [0.25, 0.3) is 0 Å². The number of hydrogen-bond acceptors (Lipinski definition) is 3. The van der Waals surface area contributed by atoms with Crippen molar-refractivity contribution in [3.63, 3.8) is 0 Å². The number of rotatable bonds is 2. The van der Waals surface area contributed by atoms with Crippen molar-refractivity contribution in [1.29, 1.82) is 0 Å². The average molecular weight is 265 g/mol. The van der Waals surface area contributed by atoms with Gasteiger partial charge < -0.3 is 15.2 Å². The molecule has 4 unspecified atom stereocenters. The van der Waals surface area contributed by atoms with Gasteiger partial charge in [-0.1, -0.05) is 13.8 Å². The normalized spacial score (nSPS) is 59.8. The maximum Gasteiger partial charge on any atom is 0.0948 e. The lowest BCUT2D eigenvalue weighted by molar-refractivity contribution is -0.123. The molecule has 1 aliphatic heterocycles. The Morgan fingerprint density at radius 3 is 2.21 bits per heavy atom. The quantitative estimate of drug-likeness (QED) is 0.803. The zero-order valence-corrected chi connectivity index (χ0v) is 12.2. The van der Waals surface area contributed by atoms with E-state index in [1.165, 1.54) is 38.5 Å². The topological polar surface area (TPSA) is 41.5 Å². The highest BCUT2D eigenvalue weighted by Gasteiger charge is 2.60.